The Kier molecular flexibility index (Phi) is 4.53. The summed E-state index contributed by atoms with van der Waals surface area (Å²) in [5, 5.41) is 16.9. The van der Waals surface area contributed by atoms with Crippen LogP contribution in [-0.4, -0.2) is 10.2 Å². The minimum atomic E-state index is -0.935. The van der Waals surface area contributed by atoms with E-state index in [1.807, 2.05) is 0 Å². The largest absolute Gasteiger partial charge is 0.503 e. The summed E-state index contributed by atoms with van der Waals surface area (Å²) in [6, 6.07) is 6.31. The highest BCUT2D eigenvalue weighted by atomic mass is 19.1. The van der Waals surface area contributed by atoms with E-state index in [-0.39, 0.29) is 0 Å². The molecule has 0 spiro atoms. The summed E-state index contributed by atoms with van der Waals surface area (Å²) in [6.07, 6.45) is 0. The Labute approximate surface area is 99.7 Å². The lowest BCUT2D eigenvalue weighted by atomic mass is 10.3. The number of para-hydroxylation sites is 2. The van der Waals surface area contributed by atoms with Crippen LogP contribution in [0.25, 0.3) is 0 Å². The molecule has 0 atom stereocenters. The normalized spacial score (nSPS) is 9.56. The highest BCUT2D eigenvalue weighted by molar-refractivity contribution is 5.24. The fourth-order valence-corrected chi connectivity index (χ4v) is 0.978. The van der Waals surface area contributed by atoms with E-state index in [4.69, 9.17) is 10.2 Å². The molecule has 0 aliphatic rings. The van der Waals surface area contributed by atoms with Crippen LogP contribution in [-0.2, 0) is 0 Å². The molecule has 2 nitrogen and oxygen atoms in total. The Morgan fingerprint density at radius 2 is 0.778 bits per heavy atom. The van der Waals surface area contributed by atoms with E-state index < -0.39 is 34.8 Å². The van der Waals surface area contributed by atoms with Crippen LogP contribution in [0.1, 0.15) is 0 Å². The van der Waals surface area contributed by atoms with Crippen molar-refractivity contribution in [2.24, 2.45) is 0 Å². The van der Waals surface area contributed by atoms with Crippen LogP contribution in [0, 0.1) is 23.3 Å². The maximum absolute atomic E-state index is 12.1. The predicted molar refractivity (Wildman–Crippen MR) is 56.0 cm³/mol. The number of hydrogen-bond donors (Lipinski definition) is 2. The molecule has 0 aliphatic heterocycles. The van der Waals surface area contributed by atoms with E-state index >= 15 is 0 Å². The lowest BCUT2D eigenvalue weighted by Crippen LogP contribution is -1.78. The van der Waals surface area contributed by atoms with E-state index in [2.05, 4.69) is 0 Å². The first-order chi connectivity index (χ1) is 8.43. The highest BCUT2D eigenvalue weighted by Gasteiger charge is 2.03. The quantitative estimate of drug-likeness (QED) is 0.713. The van der Waals surface area contributed by atoms with Crippen LogP contribution in [0.2, 0.25) is 0 Å². The molecule has 0 heterocycles. The van der Waals surface area contributed by atoms with Crippen molar-refractivity contribution >= 4 is 0 Å². The molecule has 96 valence electrons. The van der Waals surface area contributed by atoms with Gasteiger partial charge in [0.1, 0.15) is 0 Å². The first-order valence-electron chi connectivity index (χ1n) is 4.69. The van der Waals surface area contributed by atoms with Gasteiger partial charge in [0.15, 0.2) is 34.8 Å². The summed E-state index contributed by atoms with van der Waals surface area (Å²) in [5.41, 5.74) is 0. The van der Waals surface area contributed by atoms with E-state index in [1.165, 1.54) is 12.1 Å². The van der Waals surface area contributed by atoms with Crippen LogP contribution in [0.4, 0.5) is 17.6 Å². The molecule has 2 rings (SSSR count). The number of halogens is 4. The first-order valence-corrected chi connectivity index (χ1v) is 4.69. The molecule has 0 aliphatic carbocycles. The standard InChI is InChI=1S/2C6H4F2O/c2*7-4-2-1-3-5(8)6(4)9/h2*1-3,9H. The summed E-state index contributed by atoms with van der Waals surface area (Å²) in [7, 11) is 0. The Hall–Kier alpha value is -2.24. The van der Waals surface area contributed by atoms with Gasteiger partial charge in [-0.1, -0.05) is 12.1 Å². The van der Waals surface area contributed by atoms with E-state index in [0.29, 0.717) is 0 Å². The molecule has 0 amide bonds. The molecule has 0 saturated carbocycles. The van der Waals surface area contributed by atoms with E-state index in [1.54, 1.807) is 0 Å². The number of phenolic OH excluding ortho intramolecular Hbond substituents is 2. The molecular formula is C12H8F4O2. The minimum Gasteiger partial charge on any atom is -0.503 e. The Balaban J connectivity index is 0.000000180. The van der Waals surface area contributed by atoms with Crippen molar-refractivity contribution in [1.29, 1.82) is 0 Å². The predicted octanol–water partition coefficient (Wildman–Crippen LogP) is 3.34. The van der Waals surface area contributed by atoms with Crippen LogP contribution in [0.5, 0.6) is 11.5 Å². The SMILES string of the molecule is Oc1c(F)cccc1F.Oc1c(F)cccc1F. The van der Waals surface area contributed by atoms with Crippen molar-refractivity contribution in [2.75, 3.05) is 0 Å². The van der Waals surface area contributed by atoms with Gasteiger partial charge in [-0.3, -0.25) is 0 Å². The fourth-order valence-electron chi connectivity index (χ4n) is 0.978. The maximum Gasteiger partial charge on any atom is 0.187 e. The van der Waals surface area contributed by atoms with Crippen molar-refractivity contribution < 1.29 is 27.8 Å². The van der Waals surface area contributed by atoms with E-state index in [0.717, 1.165) is 24.3 Å². The van der Waals surface area contributed by atoms with Gasteiger partial charge in [-0.25, -0.2) is 17.6 Å². The second-order valence-electron chi connectivity index (χ2n) is 3.14. The third-order valence-corrected chi connectivity index (χ3v) is 1.88. The zero-order valence-electron chi connectivity index (χ0n) is 8.87. The minimum absolute atomic E-state index is 0.919. The van der Waals surface area contributed by atoms with Gasteiger partial charge in [-0.15, -0.1) is 0 Å². The monoisotopic (exact) mass is 260 g/mol. The van der Waals surface area contributed by atoms with Crippen molar-refractivity contribution in [2.45, 2.75) is 0 Å². The number of hydrogen-bond acceptors (Lipinski definition) is 2. The van der Waals surface area contributed by atoms with Gasteiger partial charge >= 0.3 is 0 Å². The van der Waals surface area contributed by atoms with Crippen LogP contribution in [0.3, 0.4) is 0 Å². The van der Waals surface area contributed by atoms with Gasteiger partial charge in [0.2, 0.25) is 0 Å². The van der Waals surface area contributed by atoms with Crippen LogP contribution < -0.4 is 0 Å². The van der Waals surface area contributed by atoms with Crippen LogP contribution >= 0.6 is 0 Å². The molecule has 2 aromatic rings. The van der Waals surface area contributed by atoms with Crippen molar-refractivity contribution in [1.82, 2.24) is 0 Å². The van der Waals surface area contributed by atoms with Crippen molar-refractivity contribution in [3.05, 3.63) is 59.7 Å². The first kappa shape index (κ1) is 13.8. The molecule has 0 bridgehead atoms. The third-order valence-electron chi connectivity index (χ3n) is 1.88. The molecule has 6 heteroatoms. The number of rotatable bonds is 0. The molecule has 0 radical (unpaired) electrons. The van der Waals surface area contributed by atoms with Gasteiger partial charge < -0.3 is 10.2 Å². The van der Waals surface area contributed by atoms with Gasteiger partial charge in [0, 0.05) is 0 Å². The Morgan fingerprint density at radius 3 is 0.944 bits per heavy atom. The average molecular weight is 260 g/mol. The number of aromatic hydroxyl groups is 2. The zero-order valence-corrected chi connectivity index (χ0v) is 8.87. The topological polar surface area (TPSA) is 40.5 Å². The van der Waals surface area contributed by atoms with Crippen molar-refractivity contribution in [3.8, 4) is 11.5 Å². The lowest BCUT2D eigenvalue weighted by molar-refractivity contribution is 0.396. The van der Waals surface area contributed by atoms with Gasteiger partial charge in [0.25, 0.3) is 0 Å². The summed E-state index contributed by atoms with van der Waals surface area (Å²) >= 11 is 0. The second kappa shape index (κ2) is 5.90. The number of phenols is 2. The molecule has 0 saturated heterocycles. The molecule has 0 aromatic heterocycles. The van der Waals surface area contributed by atoms with Gasteiger partial charge in [-0.05, 0) is 24.3 Å². The summed E-state index contributed by atoms with van der Waals surface area (Å²) in [5.74, 6) is -5.58. The molecule has 2 N–H and O–H groups in total. The molecule has 2 aromatic carbocycles. The van der Waals surface area contributed by atoms with Crippen LogP contribution in [0.15, 0.2) is 36.4 Å². The van der Waals surface area contributed by atoms with Gasteiger partial charge in [0.05, 0.1) is 0 Å². The van der Waals surface area contributed by atoms with Gasteiger partial charge in [-0.2, -0.15) is 0 Å². The molecular weight excluding hydrogens is 252 g/mol. The highest BCUT2D eigenvalue weighted by Crippen LogP contribution is 2.18. The zero-order chi connectivity index (χ0) is 13.7. The smallest absolute Gasteiger partial charge is 0.187 e. The summed E-state index contributed by atoms with van der Waals surface area (Å²) in [4.78, 5) is 0. The average Bonchev–Trinajstić information content (AvgIpc) is 2.34. The Bertz CT molecular complexity index is 454. The molecule has 18 heavy (non-hydrogen) atoms. The maximum atomic E-state index is 12.1. The lowest BCUT2D eigenvalue weighted by Gasteiger charge is -1.92. The van der Waals surface area contributed by atoms with E-state index in [9.17, 15) is 17.6 Å². The summed E-state index contributed by atoms with van der Waals surface area (Å²) in [6.45, 7) is 0. The molecule has 0 unspecified atom stereocenters. The third kappa shape index (κ3) is 3.38. The van der Waals surface area contributed by atoms with Crippen molar-refractivity contribution in [3.63, 3.8) is 0 Å². The Morgan fingerprint density at radius 1 is 0.556 bits per heavy atom. The number of benzene rings is 2. The molecule has 0 fully saturated rings. The second-order valence-corrected chi connectivity index (χ2v) is 3.14. The fraction of sp³-hybridized carbons (Fsp3) is 0. The summed E-state index contributed by atoms with van der Waals surface area (Å²) < 4.78 is 48.4.